The zero-order valence-electron chi connectivity index (χ0n) is 5.59. The van der Waals surface area contributed by atoms with Crippen molar-refractivity contribution in [3.05, 3.63) is 43.3 Å². The molecular formula is C9H10. The van der Waals surface area contributed by atoms with E-state index in [9.17, 15) is 0 Å². The summed E-state index contributed by atoms with van der Waals surface area (Å²) in [7, 11) is 0. The number of hydrogen-bond donors (Lipinski definition) is 0. The summed E-state index contributed by atoms with van der Waals surface area (Å²) in [6.07, 6.45) is 1.14. The van der Waals surface area contributed by atoms with Crippen molar-refractivity contribution in [2.45, 2.75) is 13.3 Å². The van der Waals surface area contributed by atoms with Crippen molar-refractivity contribution < 1.29 is 0 Å². The molecule has 0 nitrogen and oxygen atoms in total. The second-order valence-electron chi connectivity index (χ2n) is 1.84. The molecule has 0 bridgehead atoms. The fourth-order valence-electron chi connectivity index (χ4n) is 0.714. The summed E-state index contributed by atoms with van der Waals surface area (Å²) < 4.78 is 0. The van der Waals surface area contributed by atoms with Crippen molar-refractivity contribution in [2.75, 3.05) is 0 Å². The number of hydrogen-bond acceptors (Lipinski definition) is 0. The molecule has 46 valence electrons. The summed E-state index contributed by atoms with van der Waals surface area (Å²) in [5.74, 6) is 0. The van der Waals surface area contributed by atoms with Crippen molar-refractivity contribution in [1.29, 1.82) is 0 Å². The van der Waals surface area contributed by atoms with Crippen LogP contribution < -0.4 is 0 Å². The van der Waals surface area contributed by atoms with Crippen molar-refractivity contribution in [3.8, 4) is 0 Å². The van der Waals surface area contributed by atoms with Gasteiger partial charge in [0.25, 0.3) is 0 Å². The van der Waals surface area contributed by atoms with E-state index in [4.69, 9.17) is 0 Å². The highest BCUT2D eigenvalue weighted by atomic mass is 13.9. The predicted octanol–water partition coefficient (Wildman–Crippen LogP) is 2.33. The van der Waals surface area contributed by atoms with Gasteiger partial charge in [0.2, 0.25) is 0 Å². The van der Waals surface area contributed by atoms with E-state index in [-0.39, 0.29) is 7.43 Å². The highest BCUT2D eigenvalue weighted by Gasteiger charge is 1.79. The highest BCUT2D eigenvalue weighted by molar-refractivity contribution is 5.13. The van der Waals surface area contributed by atoms with Gasteiger partial charge in [0, 0.05) is 7.43 Å². The molecule has 9 heavy (non-hydrogen) atoms. The lowest BCUT2D eigenvalue weighted by atomic mass is 10.2. The first kappa shape index (κ1) is 8.22. The molecule has 4 radical (unpaired) electrons. The van der Waals surface area contributed by atoms with E-state index in [1.54, 1.807) is 0 Å². The van der Waals surface area contributed by atoms with Gasteiger partial charge < -0.3 is 0 Å². The summed E-state index contributed by atoms with van der Waals surface area (Å²) in [6, 6.07) is 10.5. The van der Waals surface area contributed by atoms with E-state index >= 15 is 0 Å². The molecule has 0 amide bonds. The van der Waals surface area contributed by atoms with Crippen molar-refractivity contribution in [1.82, 2.24) is 0 Å². The Labute approximate surface area is 57.5 Å². The third-order valence-corrected chi connectivity index (χ3v) is 1.25. The molecule has 0 aliphatic heterocycles. The van der Waals surface area contributed by atoms with Gasteiger partial charge >= 0.3 is 0 Å². The first-order chi connectivity index (χ1) is 3.93. The Bertz CT molecular complexity index is 141. The molecule has 0 aromatic heterocycles. The molecule has 0 heterocycles. The third-order valence-electron chi connectivity index (χ3n) is 1.25. The Morgan fingerprint density at radius 1 is 1.11 bits per heavy atom. The molecule has 1 aromatic carbocycles. The van der Waals surface area contributed by atoms with E-state index in [0.717, 1.165) is 6.42 Å². The number of aryl methyl sites for hydroxylation is 1. The lowest BCUT2D eigenvalue weighted by molar-refractivity contribution is 1.14. The van der Waals surface area contributed by atoms with E-state index in [0.29, 0.717) is 0 Å². The Hall–Kier alpha value is -0.780. The van der Waals surface area contributed by atoms with Gasteiger partial charge in [0.05, 0.1) is 0 Å². The van der Waals surface area contributed by atoms with E-state index < -0.39 is 0 Å². The number of rotatable bonds is 1. The van der Waals surface area contributed by atoms with Crippen LogP contribution >= 0.6 is 0 Å². The quantitative estimate of drug-likeness (QED) is 0.531. The van der Waals surface area contributed by atoms with E-state index in [1.807, 2.05) is 6.07 Å². The van der Waals surface area contributed by atoms with Gasteiger partial charge in [-0.2, -0.15) is 0 Å². The van der Waals surface area contributed by atoms with Crippen LogP contribution in [0.5, 0.6) is 0 Å². The minimum absolute atomic E-state index is 0. The van der Waals surface area contributed by atoms with Crippen molar-refractivity contribution in [2.24, 2.45) is 0 Å². The summed E-state index contributed by atoms with van der Waals surface area (Å²) in [5.41, 5.74) is 1.41. The van der Waals surface area contributed by atoms with Crippen LogP contribution in [0.2, 0.25) is 0 Å². The Morgan fingerprint density at radius 2 is 1.67 bits per heavy atom. The topological polar surface area (TPSA) is 0 Å². The monoisotopic (exact) mass is 118 g/mol. The smallest absolute Gasteiger partial charge is 0 e. The van der Waals surface area contributed by atoms with Gasteiger partial charge in [-0.3, -0.25) is 0 Å². The maximum Gasteiger partial charge on any atom is 0 e. The second-order valence-corrected chi connectivity index (χ2v) is 1.84. The molecule has 0 fully saturated rings. The minimum atomic E-state index is 0. The van der Waals surface area contributed by atoms with Crippen LogP contribution in [0.4, 0.5) is 0 Å². The summed E-state index contributed by atoms with van der Waals surface area (Å²) in [5, 5.41) is 0. The Morgan fingerprint density at radius 3 is 2.00 bits per heavy atom. The molecule has 1 rings (SSSR count). The third kappa shape index (κ3) is 2.31. The minimum Gasteiger partial charge on any atom is -0.0622 e. The van der Waals surface area contributed by atoms with Crippen LogP contribution in [0, 0.1) is 7.43 Å². The SMILES string of the molecule is CCc1ccccc1.[C]. The Kier molecular flexibility index (Phi) is 3.78. The van der Waals surface area contributed by atoms with Crippen LogP contribution in [0.25, 0.3) is 0 Å². The Balaban J connectivity index is 0.000000640. The molecule has 0 unspecified atom stereocenters. The lowest BCUT2D eigenvalue weighted by Crippen LogP contribution is -1.73. The maximum atomic E-state index is 2.16. The normalized spacial score (nSPS) is 8.11. The molecule has 0 saturated carbocycles. The number of benzene rings is 1. The van der Waals surface area contributed by atoms with Gasteiger partial charge in [-0.05, 0) is 12.0 Å². The van der Waals surface area contributed by atoms with E-state index in [2.05, 4.69) is 31.2 Å². The van der Waals surface area contributed by atoms with E-state index in [1.165, 1.54) is 5.56 Å². The zero-order chi connectivity index (χ0) is 5.82. The fraction of sp³-hybridized carbons (Fsp3) is 0.222. The van der Waals surface area contributed by atoms with Gasteiger partial charge in [-0.1, -0.05) is 37.3 Å². The van der Waals surface area contributed by atoms with Crippen LogP contribution in [-0.4, -0.2) is 0 Å². The first-order valence-corrected chi connectivity index (χ1v) is 2.97. The largest absolute Gasteiger partial charge is 0.0622 e. The predicted molar refractivity (Wildman–Crippen MR) is 39.1 cm³/mol. The molecule has 0 N–H and O–H groups in total. The summed E-state index contributed by atoms with van der Waals surface area (Å²) in [6.45, 7) is 2.16. The molecule has 0 atom stereocenters. The van der Waals surface area contributed by atoms with Crippen LogP contribution in [0.1, 0.15) is 12.5 Å². The second kappa shape index (κ2) is 4.13. The van der Waals surface area contributed by atoms with Crippen molar-refractivity contribution in [3.63, 3.8) is 0 Å². The summed E-state index contributed by atoms with van der Waals surface area (Å²) in [4.78, 5) is 0. The van der Waals surface area contributed by atoms with Gasteiger partial charge in [0.1, 0.15) is 0 Å². The van der Waals surface area contributed by atoms with Crippen LogP contribution in [0.3, 0.4) is 0 Å². The average molecular weight is 118 g/mol. The van der Waals surface area contributed by atoms with Crippen LogP contribution in [-0.2, 0) is 6.42 Å². The molecule has 0 heteroatoms. The highest BCUT2D eigenvalue weighted by Crippen LogP contribution is 1.96. The van der Waals surface area contributed by atoms with Gasteiger partial charge in [0.15, 0.2) is 0 Å². The molecule has 0 spiro atoms. The van der Waals surface area contributed by atoms with Crippen molar-refractivity contribution >= 4 is 0 Å². The maximum absolute atomic E-state index is 2.16. The fourth-order valence-corrected chi connectivity index (χ4v) is 0.714. The van der Waals surface area contributed by atoms with Gasteiger partial charge in [-0.25, -0.2) is 0 Å². The van der Waals surface area contributed by atoms with Crippen LogP contribution in [0.15, 0.2) is 30.3 Å². The molecule has 1 aromatic rings. The molecular weight excluding hydrogens is 108 g/mol. The summed E-state index contributed by atoms with van der Waals surface area (Å²) >= 11 is 0. The lowest BCUT2D eigenvalue weighted by Gasteiger charge is -1.89. The van der Waals surface area contributed by atoms with Gasteiger partial charge in [-0.15, -0.1) is 0 Å². The molecule has 0 aliphatic rings. The zero-order valence-corrected chi connectivity index (χ0v) is 5.59. The first-order valence-electron chi connectivity index (χ1n) is 2.97. The molecule has 0 saturated heterocycles. The molecule has 0 aliphatic carbocycles. The standard InChI is InChI=1S/C8H10.C/c1-2-8-6-4-3-5-7-8;/h3-7H,2H2,1H3;. The average Bonchev–Trinajstić information content (AvgIpc) is 1.90.